The third-order valence-electron chi connectivity index (χ3n) is 4.47. The lowest BCUT2D eigenvalue weighted by Crippen LogP contribution is -2.11. The van der Waals surface area contributed by atoms with Crippen molar-refractivity contribution in [1.29, 1.82) is 0 Å². The molecule has 0 fully saturated rings. The first-order chi connectivity index (χ1) is 13.7. The van der Waals surface area contributed by atoms with Crippen molar-refractivity contribution >= 4 is 33.3 Å². The molecule has 0 bridgehead atoms. The summed E-state index contributed by atoms with van der Waals surface area (Å²) in [6.07, 6.45) is 1.56. The molecule has 2 aromatic carbocycles. The van der Waals surface area contributed by atoms with Crippen LogP contribution in [0.15, 0.2) is 60.2 Å². The van der Waals surface area contributed by atoms with Gasteiger partial charge in [-0.2, -0.15) is 0 Å². The Morgan fingerprint density at radius 2 is 1.86 bits per heavy atom. The lowest BCUT2D eigenvalue weighted by molar-refractivity contribution is 0.100. The number of methoxy groups -OCH3 is 1. The molecule has 0 aliphatic rings. The van der Waals surface area contributed by atoms with E-state index in [1.807, 2.05) is 36.4 Å². The van der Waals surface area contributed by atoms with Crippen molar-refractivity contribution in [3.8, 4) is 16.9 Å². The molecule has 0 radical (unpaired) electrons. The van der Waals surface area contributed by atoms with E-state index in [4.69, 9.17) is 10.5 Å². The average molecular weight is 390 g/mol. The maximum absolute atomic E-state index is 11.2. The van der Waals surface area contributed by atoms with E-state index in [9.17, 15) is 4.79 Å². The number of nitrogens with one attached hydrogen (secondary N) is 1. The zero-order valence-corrected chi connectivity index (χ0v) is 16.0. The summed E-state index contributed by atoms with van der Waals surface area (Å²) in [5, 5.41) is 6.47. The lowest BCUT2D eigenvalue weighted by atomic mass is 10.1. The van der Waals surface area contributed by atoms with Crippen LogP contribution in [0.5, 0.6) is 5.75 Å². The molecule has 4 rings (SSSR count). The molecule has 1 amide bonds. The molecule has 0 spiro atoms. The minimum atomic E-state index is -0.431. The standard InChI is InChI=1S/C21H18N4O2S/c1-27-16-8-6-14(7-9-16)17-11-28-21-18(17)20(24-12-25-21)23-10-13-2-4-15(5-3-13)19(22)26/h2-9,11-12H,10H2,1H3,(H2,22,26)(H,23,24,25). The molecule has 4 aromatic rings. The summed E-state index contributed by atoms with van der Waals surface area (Å²) < 4.78 is 5.25. The highest BCUT2D eigenvalue weighted by Gasteiger charge is 2.13. The smallest absolute Gasteiger partial charge is 0.248 e. The van der Waals surface area contributed by atoms with Crippen molar-refractivity contribution in [2.75, 3.05) is 12.4 Å². The van der Waals surface area contributed by atoms with Gasteiger partial charge >= 0.3 is 0 Å². The van der Waals surface area contributed by atoms with Gasteiger partial charge in [-0.05, 0) is 35.4 Å². The van der Waals surface area contributed by atoms with Crippen LogP contribution in [0.25, 0.3) is 21.3 Å². The third kappa shape index (κ3) is 3.52. The van der Waals surface area contributed by atoms with Crippen LogP contribution in [0.1, 0.15) is 15.9 Å². The van der Waals surface area contributed by atoms with Crippen molar-refractivity contribution in [3.05, 3.63) is 71.4 Å². The van der Waals surface area contributed by atoms with E-state index in [0.717, 1.165) is 38.5 Å². The highest BCUT2D eigenvalue weighted by molar-refractivity contribution is 7.17. The van der Waals surface area contributed by atoms with E-state index >= 15 is 0 Å². The fourth-order valence-electron chi connectivity index (χ4n) is 2.96. The number of nitrogens with zero attached hydrogens (tertiary/aromatic N) is 2. The van der Waals surface area contributed by atoms with Gasteiger partial charge < -0.3 is 15.8 Å². The van der Waals surface area contributed by atoms with Gasteiger partial charge in [-0.1, -0.05) is 24.3 Å². The zero-order valence-electron chi connectivity index (χ0n) is 15.2. The summed E-state index contributed by atoms with van der Waals surface area (Å²) in [5.41, 5.74) is 8.97. The molecule has 0 aliphatic carbocycles. The normalized spacial score (nSPS) is 10.8. The fraction of sp³-hybridized carbons (Fsp3) is 0.0952. The van der Waals surface area contributed by atoms with Gasteiger partial charge in [0.1, 0.15) is 22.7 Å². The highest BCUT2D eigenvalue weighted by Crippen LogP contribution is 2.37. The predicted molar refractivity (Wildman–Crippen MR) is 112 cm³/mol. The van der Waals surface area contributed by atoms with Gasteiger partial charge in [-0.3, -0.25) is 4.79 Å². The molecular weight excluding hydrogens is 372 g/mol. The minimum absolute atomic E-state index is 0.431. The summed E-state index contributed by atoms with van der Waals surface area (Å²) >= 11 is 1.59. The van der Waals surface area contributed by atoms with E-state index in [2.05, 4.69) is 20.7 Å². The quantitative estimate of drug-likeness (QED) is 0.518. The second-order valence-corrected chi connectivity index (χ2v) is 7.05. The Labute approximate surface area is 166 Å². The molecule has 0 aliphatic heterocycles. The number of aromatic nitrogens is 2. The Hall–Kier alpha value is -3.45. The molecule has 0 atom stereocenters. The number of fused-ring (bicyclic) bond motifs is 1. The molecule has 0 unspecified atom stereocenters. The number of anilines is 1. The first-order valence-electron chi connectivity index (χ1n) is 8.65. The molecule has 0 saturated heterocycles. The highest BCUT2D eigenvalue weighted by atomic mass is 32.1. The monoisotopic (exact) mass is 390 g/mol. The van der Waals surface area contributed by atoms with E-state index in [-0.39, 0.29) is 0 Å². The number of carbonyl (C=O) groups is 1. The van der Waals surface area contributed by atoms with E-state index in [0.29, 0.717) is 12.1 Å². The zero-order chi connectivity index (χ0) is 19.5. The van der Waals surface area contributed by atoms with Gasteiger partial charge in [0.25, 0.3) is 0 Å². The number of hydrogen-bond donors (Lipinski definition) is 2. The molecule has 140 valence electrons. The number of hydrogen-bond acceptors (Lipinski definition) is 6. The second kappa shape index (κ2) is 7.66. The Bertz CT molecular complexity index is 1120. The van der Waals surface area contributed by atoms with E-state index in [1.165, 1.54) is 0 Å². The largest absolute Gasteiger partial charge is 0.497 e. The van der Waals surface area contributed by atoms with Crippen LogP contribution in [0.2, 0.25) is 0 Å². The predicted octanol–water partition coefficient (Wildman–Crippen LogP) is 4.08. The van der Waals surface area contributed by atoms with Gasteiger partial charge in [-0.25, -0.2) is 9.97 Å². The molecule has 6 nitrogen and oxygen atoms in total. The topological polar surface area (TPSA) is 90.1 Å². The van der Waals surface area contributed by atoms with Gasteiger partial charge in [0.15, 0.2) is 0 Å². The number of benzene rings is 2. The summed E-state index contributed by atoms with van der Waals surface area (Å²) in [4.78, 5) is 21.0. The Balaban J connectivity index is 1.63. The van der Waals surface area contributed by atoms with Gasteiger partial charge in [0.05, 0.1) is 12.5 Å². The fourth-order valence-corrected chi connectivity index (χ4v) is 3.88. The van der Waals surface area contributed by atoms with Crippen molar-refractivity contribution in [1.82, 2.24) is 9.97 Å². The average Bonchev–Trinajstić information content (AvgIpc) is 3.17. The van der Waals surface area contributed by atoms with Crippen LogP contribution < -0.4 is 15.8 Å². The van der Waals surface area contributed by atoms with Crippen molar-refractivity contribution in [2.24, 2.45) is 5.73 Å². The second-order valence-electron chi connectivity index (χ2n) is 6.20. The van der Waals surface area contributed by atoms with Crippen molar-refractivity contribution in [2.45, 2.75) is 6.54 Å². The maximum Gasteiger partial charge on any atom is 0.248 e. The first-order valence-corrected chi connectivity index (χ1v) is 9.53. The van der Waals surface area contributed by atoms with Crippen molar-refractivity contribution < 1.29 is 9.53 Å². The molecule has 0 saturated carbocycles. The van der Waals surface area contributed by atoms with Crippen molar-refractivity contribution in [3.63, 3.8) is 0 Å². The van der Waals surface area contributed by atoms with Crippen LogP contribution in [0, 0.1) is 0 Å². The molecule has 2 heterocycles. The number of thiophene rings is 1. The molecular formula is C21H18N4O2S. The SMILES string of the molecule is COc1ccc(-c2csc3ncnc(NCc4ccc(C(N)=O)cc4)c23)cc1. The summed E-state index contributed by atoms with van der Waals surface area (Å²) in [7, 11) is 1.65. The van der Waals surface area contributed by atoms with Crippen LogP contribution in [-0.4, -0.2) is 23.0 Å². The van der Waals surface area contributed by atoms with Gasteiger partial charge in [0.2, 0.25) is 5.91 Å². The van der Waals surface area contributed by atoms with E-state index in [1.54, 1.807) is 36.9 Å². The number of amides is 1. The van der Waals surface area contributed by atoms with Crippen LogP contribution in [0.3, 0.4) is 0 Å². The molecule has 28 heavy (non-hydrogen) atoms. The number of carbonyl (C=O) groups excluding carboxylic acids is 1. The lowest BCUT2D eigenvalue weighted by Gasteiger charge is -2.09. The number of rotatable bonds is 6. The Morgan fingerprint density at radius 1 is 1.11 bits per heavy atom. The number of nitrogens with two attached hydrogens (primary N) is 1. The summed E-state index contributed by atoms with van der Waals surface area (Å²) in [6.45, 7) is 0.572. The van der Waals surface area contributed by atoms with Crippen LogP contribution >= 0.6 is 11.3 Å². The van der Waals surface area contributed by atoms with Crippen LogP contribution in [0.4, 0.5) is 5.82 Å². The first kappa shape index (κ1) is 17.9. The Kier molecular flexibility index (Phi) is 4.90. The van der Waals surface area contributed by atoms with E-state index < -0.39 is 5.91 Å². The summed E-state index contributed by atoms with van der Waals surface area (Å²) in [5.74, 6) is 1.16. The number of primary amides is 1. The third-order valence-corrected chi connectivity index (χ3v) is 5.36. The Morgan fingerprint density at radius 3 is 2.54 bits per heavy atom. The minimum Gasteiger partial charge on any atom is -0.497 e. The number of ether oxygens (including phenoxy) is 1. The summed E-state index contributed by atoms with van der Waals surface area (Å²) in [6, 6.07) is 15.1. The maximum atomic E-state index is 11.2. The van der Waals surface area contributed by atoms with Gasteiger partial charge in [0, 0.05) is 23.1 Å². The molecule has 7 heteroatoms. The van der Waals surface area contributed by atoms with Gasteiger partial charge in [-0.15, -0.1) is 11.3 Å². The molecule has 3 N–H and O–H groups in total. The molecule has 2 aromatic heterocycles. The van der Waals surface area contributed by atoms with Crippen LogP contribution in [-0.2, 0) is 6.54 Å².